The second-order valence-corrected chi connectivity index (χ2v) is 11.8. The molecule has 0 radical (unpaired) electrons. The molecule has 0 N–H and O–H groups in total. The topological polar surface area (TPSA) is 224 Å². The van der Waals surface area contributed by atoms with E-state index >= 15 is 0 Å². The van der Waals surface area contributed by atoms with Gasteiger partial charge in [0.25, 0.3) is 0 Å². The van der Waals surface area contributed by atoms with Crippen LogP contribution in [0.1, 0.15) is 51.2 Å². The van der Waals surface area contributed by atoms with Gasteiger partial charge in [-0.1, -0.05) is 70.9 Å². The van der Waals surface area contributed by atoms with Crippen molar-refractivity contribution in [3.8, 4) is 0 Å². The van der Waals surface area contributed by atoms with Crippen LogP contribution in [0.3, 0.4) is 0 Å². The van der Waals surface area contributed by atoms with Crippen molar-refractivity contribution in [2.24, 2.45) is 10.2 Å². The molecule has 0 spiro atoms. The van der Waals surface area contributed by atoms with Crippen molar-refractivity contribution in [1.29, 1.82) is 0 Å². The Morgan fingerprint density at radius 2 is 1.34 bits per heavy atom. The fraction of sp³-hybridized carbons (Fsp3) is 0.515. The van der Waals surface area contributed by atoms with Crippen LogP contribution in [0.4, 0.5) is 4.79 Å². The van der Waals surface area contributed by atoms with Gasteiger partial charge in [0.1, 0.15) is 18.8 Å². The first-order chi connectivity index (χ1) is 24.1. The smallest absolute Gasteiger partial charge is 0.410 e. The summed E-state index contributed by atoms with van der Waals surface area (Å²) in [6.07, 6.45) is -7.08. The molecule has 17 heteroatoms. The molecule has 8 unspecified atom stereocenters. The van der Waals surface area contributed by atoms with Gasteiger partial charge in [-0.05, 0) is 41.5 Å². The van der Waals surface area contributed by atoms with Gasteiger partial charge < -0.3 is 33.3 Å². The van der Waals surface area contributed by atoms with E-state index in [2.05, 4.69) is 20.1 Å². The molecule has 2 aliphatic rings. The van der Waals surface area contributed by atoms with E-state index in [1.807, 2.05) is 60.7 Å². The molecule has 1 amide bonds. The number of hydrogen-bond donors (Lipinski definition) is 0. The third kappa shape index (κ3) is 10.8. The fourth-order valence-electron chi connectivity index (χ4n) is 5.96. The van der Waals surface area contributed by atoms with Gasteiger partial charge in [-0.15, -0.1) is 0 Å². The van der Waals surface area contributed by atoms with E-state index in [-0.39, 0.29) is 32.5 Å². The minimum Gasteiger partial charge on any atom is -0.458 e. The monoisotopic (exact) mass is 693 g/mol. The van der Waals surface area contributed by atoms with Gasteiger partial charge in [0.15, 0.2) is 18.5 Å². The zero-order valence-electron chi connectivity index (χ0n) is 27.8. The quantitative estimate of drug-likeness (QED) is 0.0868. The van der Waals surface area contributed by atoms with Gasteiger partial charge in [-0.3, -0.25) is 14.4 Å². The molecule has 1 saturated carbocycles. The van der Waals surface area contributed by atoms with Crippen LogP contribution in [0.2, 0.25) is 0 Å². The molecule has 4 rings (SSSR count). The van der Waals surface area contributed by atoms with Gasteiger partial charge in [0, 0.05) is 37.1 Å². The Labute approximate surface area is 287 Å². The highest BCUT2D eigenvalue weighted by molar-refractivity contribution is 5.68. The second-order valence-electron chi connectivity index (χ2n) is 11.8. The summed E-state index contributed by atoms with van der Waals surface area (Å²) in [4.78, 5) is 57.1. The Hall–Kier alpha value is -5.34. The molecule has 1 aliphatic heterocycles. The third-order valence-electron chi connectivity index (χ3n) is 8.01. The molecule has 0 bridgehead atoms. The largest absolute Gasteiger partial charge is 0.458 e. The second kappa shape index (κ2) is 18.4. The van der Waals surface area contributed by atoms with Crippen molar-refractivity contribution < 1.29 is 47.6 Å². The summed E-state index contributed by atoms with van der Waals surface area (Å²) in [5, 5.41) is 7.51. The minimum atomic E-state index is -1.42. The van der Waals surface area contributed by atoms with Crippen molar-refractivity contribution in [3.05, 3.63) is 92.7 Å². The summed E-state index contributed by atoms with van der Waals surface area (Å²) >= 11 is 0. The molecule has 2 aromatic rings. The normalized spacial score (nSPS) is 25.8. The zero-order valence-corrected chi connectivity index (χ0v) is 27.8. The molecule has 2 aromatic carbocycles. The van der Waals surface area contributed by atoms with Gasteiger partial charge in [0.2, 0.25) is 0 Å². The molecule has 1 saturated heterocycles. The van der Waals surface area contributed by atoms with Crippen molar-refractivity contribution in [3.63, 3.8) is 0 Å². The number of benzene rings is 2. The van der Waals surface area contributed by atoms with E-state index in [1.54, 1.807) is 0 Å². The average Bonchev–Trinajstić information content (AvgIpc) is 3.08. The van der Waals surface area contributed by atoms with Crippen molar-refractivity contribution in [1.82, 2.24) is 4.90 Å². The average molecular weight is 694 g/mol. The van der Waals surface area contributed by atoms with Crippen LogP contribution in [0, 0.1) is 0 Å². The van der Waals surface area contributed by atoms with E-state index in [0.717, 1.165) is 25.0 Å². The fourth-order valence-corrected chi connectivity index (χ4v) is 5.96. The summed E-state index contributed by atoms with van der Waals surface area (Å²) in [5.74, 6) is -2.16. The van der Waals surface area contributed by atoms with Crippen molar-refractivity contribution in [2.75, 3.05) is 6.54 Å². The molecule has 1 heterocycles. The van der Waals surface area contributed by atoms with Gasteiger partial charge >= 0.3 is 24.0 Å². The van der Waals surface area contributed by atoms with Crippen LogP contribution in [0.5, 0.6) is 0 Å². The first kappa shape index (κ1) is 37.5. The highest BCUT2D eigenvalue weighted by Crippen LogP contribution is 2.35. The number of hydrogen-bond acceptors (Lipinski definition) is 12. The SMILES string of the molecule is CC(=O)OC1CCC(CN(Cc2ccccc2)C(=O)OCc2ccccc2)OC1OC1C(N=[N+]=[N-])CC(N=[N+]=[N-])C(OC(C)=O)C1OC(C)=O. The number of esters is 3. The Kier molecular flexibility index (Phi) is 13.8. The Morgan fingerprint density at radius 3 is 1.92 bits per heavy atom. The van der Waals surface area contributed by atoms with Crippen molar-refractivity contribution >= 4 is 24.0 Å². The predicted molar refractivity (Wildman–Crippen MR) is 173 cm³/mol. The van der Waals surface area contributed by atoms with Gasteiger partial charge in [-0.25, -0.2) is 4.79 Å². The maximum atomic E-state index is 13.4. The molecular weight excluding hydrogens is 654 g/mol. The molecule has 17 nitrogen and oxygen atoms in total. The maximum absolute atomic E-state index is 13.4. The molecule has 2 fully saturated rings. The lowest BCUT2D eigenvalue weighted by Crippen LogP contribution is -2.60. The van der Waals surface area contributed by atoms with Crippen LogP contribution in [0.25, 0.3) is 20.9 Å². The van der Waals surface area contributed by atoms with E-state index in [4.69, 9.17) is 28.4 Å². The summed E-state index contributed by atoms with van der Waals surface area (Å²) in [6, 6.07) is 16.4. The molecular formula is C33H39N7O10. The Bertz CT molecular complexity index is 1570. The summed E-state index contributed by atoms with van der Waals surface area (Å²) in [5.41, 5.74) is 20.2. The van der Waals surface area contributed by atoms with E-state index in [0.29, 0.717) is 6.42 Å². The van der Waals surface area contributed by atoms with E-state index in [9.17, 15) is 30.2 Å². The molecule has 8 atom stereocenters. The molecule has 0 aromatic heterocycles. The van der Waals surface area contributed by atoms with Crippen LogP contribution < -0.4 is 0 Å². The first-order valence-electron chi connectivity index (χ1n) is 16.0. The first-order valence-corrected chi connectivity index (χ1v) is 16.0. The number of carbonyl (C=O) groups excluding carboxylic acids is 4. The van der Waals surface area contributed by atoms with E-state index in [1.165, 1.54) is 11.8 Å². The number of amides is 1. The van der Waals surface area contributed by atoms with Gasteiger partial charge in [-0.2, -0.15) is 0 Å². The minimum absolute atomic E-state index is 0.0527. The highest BCUT2D eigenvalue weighted by atomic mass is 16.7. The van der Waals surface area contributed by atoms with Crippen LogP contribution >= 0.6 is 0 Å². The summed E-state index contributed by atoms with van der Waals surface area (Å²) in [7, 11) is 0. The molecule has 1 aliphatic carbocycles. The Morgan fingerprint density at radius 1 is 0.780 bits per heavy atom. The Balaban J connectivity index is 1.61. The number of azide groups is 2. The summed E-state index contributed by atoms with van der Waals surface area (Å²) < 4.78 is 34.9. The third-order valence-corrected chi connectivity index (χ3v) is 8.01. The number of carbonyl (C=O) groups is 4. The lowest BCUT2D eigenvalue weighted by atomic mass is 9.84. The lowest BCUT2D eigenvalue weighted by Gasteiger charge is -2.45. The van der Waals surface area contributed by atoms with Crippen LogP contribution in [0.15, 0.2) is 70.9 Å². The highest BCUT2D eigenvalue weighted by Gasteiger charge is 2.51. The predicted octanol–water partition coefficient (Wildman–Crippen LogP) is 5.27. The summed E-state index contributed by atoms with van der Waals surface area (Å²) in [6.45, 7) is 3.78. The molecule has 266 valence electrons. The van der Waals surface area contributed by atoms with E-state index < -0.39 is 72.9 Å². The van der Waals surface area contributed by atoms with Crippen molar-refractivity contribution in [2.45, 2.75) is 102 Å². The standard InChI is InChI=1S/C33H39N7O10/c1-20(41)46-28-15-14-25(18-40(17-23-10-6-4-7-11-23)33(44)45-19-24-12-8-5-9-13-24)49-32(28)50-30-27(37-39-35)16-26(36-38-34)29(47-21(2)42)31(30)48-22(3)43/h4-13,25-32H,14-19H2,1-3H3. The van der Waals surface area contributed by atoms with Crippen LogP contribution in [-0.4, -0.2) is 84.3 Å². The maximum Gasteiger partial charge on any atom is 0.410 e. The number of ether oxygens (including phenoxy) is 6. The number of nitrogens with zero attached hydrogens (tertiary/aromatic N) is 7. The lowest BCUT2D eigenvalue weighted by molar-refractivity contribution is -0.285. The number of rotatable bonds is 13. The molecule has 50 heavy (non-hydrogen) atoms. The van der Waals surface area contributed by atoms with Crippen LogP contribution in [-0.2, 0) is 56.0 Å². The van der Waals surface area contributed by atoms with Gasteiger partial charge in [0.05, 0.1) is 24.7 Å². The zero-order chi connectivity index (χ0) is 36.0.